The van der Waals surface area contributed by atoms with Gasteiger partial charge in [0, 0.05) is 23.6 Å². The molecule has 3 rings (SSSR count). The number of carbonyl (C=O) groups is 1. The Balaban J connectivity index is 2.00. The van der Waals surface area contributed by atoms with Crippen LogP contribution in [0.1, 0.15) is 12.0 Å². The van der Waals surface area contributed by atoms with E-state index in [1.807, 2.05) is 25.1 Å². The van der Waals surface area contributed by atoms with Gasteiger partial charge in [0.05, 0.1) is 10.2 Å². The number of para-hydroxylation sites is 1. The van der Waals surface area contributed by atoms with Crippen LogP contribution in [0.2, 0.25) is 0 Å². The number of nitrogens with zero attached hydrogens (tertiary/aromatic N) is 2. The number of thiazole rings is 1. The number of halogens is 1. The van der Waals surface area contributed by atoms with Gasteiger partial charge in [-0.2, -0.15) is 0 Å². The molecule has 1 aliphatic heterocycles. The molecule has 0 spiro atoms. The van der Waals surface area contributed by atoms with Crippen LogP contribution in [0.3, 0.4) is 0 Å². The van der Waals surface area contributed by atoms with E-state index in [9.17, 15) is 13.2 Å². The average molecular weight is 331 g/mol. The van der Waals surface area contributed by atoms with Crippen LogP contribution in [-0.4, -0.2) is 31.1 Å². The van der Waals surface area contributed by atoms with Crippen LogP contribution in [0.15, 0.2) is 18.2 Å². The summed E-state index contributed by atoms with van der Waals surface area (Å²) in [5.41, 5.74) is 1.87. The first kappa shape index (κ1) is 13.8. The number of aryl methyl sites for hydroxylation is 1. The number of hydrogen-bond acceptors (Lipinski definition) is 5. The van der Waals surface area contributed by atoms with Gasteiger partial charge in [-0.3, -0.25) is 9.69 Å². The predicted molar refractivity (Wildman–Crippen MR) is 79.9 cm³/mol. The van der Waals surface area contributed by atoms with Gasteiger partial charge in [0.2, 0.25) is 15.0 Å². The van der Waals surface area contributed by atoms with Gasteiger partial charge < -0.3 is 0 Å². The van der Waals surface area contributed by atoms with Gasteiger partial charge in [0.1, 0.15) is 5.25 Å². The number of anilines is 1. The van der Waals surface area contributed by atoms with Crippen molar-refractivity contribution in [1.29, 1.82) is 0 Å². The Hall–Kier alpha value is -1.18. The number of hydrogen-bond donors (Lipinski definition) is 0. The van der Waals surface area contributed by atoms with Crippen molar-refractivity contribution in [1.82, 2.24) is 4.98 Å². The topological polar surface area (TPSA) is 67.3 Å². The van der Waals surface area contributed by atoms with Crippen molar-refractivity contribution in [3.63, 3.8) is 0 Å². The van der Waals surface area contributed by atoms with E-state index < -0.39 is 14.3 Å². The van der Waals surface area contributed by atoms with Crippen LogP contribution in [0.4, 0.5) is 5.13 Å². The molecule has 2 aromatic rings. The molecule has 0 aliphatic carbocycles. The molecular weight excluding hydrogens is 320 g/mol. The molecular formula is C12H11ClN2O3S2. The lowest BCUT2D eigenvalue weighted by Gasteiger charge is -2.11. The normalized spacial score (nSPS) is 20.0. The maximum absolute atomic E-state index is 12.0. The Bertz CT molecular complexity index is 800. The van der Waals surface area contributed by atoms with Gasteiger partial charge in [-0.05, 0) is 18.6 Å². The van der Waals surface area contributed by atoms with E-state index >= 15 is 0 Å². The second-order valence-corrected chi connectivity index (χ2v) is 8.64. The van der Waals surface area contributed by atoms with Crippen LogP contribution >= 0.6 is 22.0 Å². The van der Waals surface area contributed by atoms with Crippen molar-refractivity contribution in [2.45, 2.75) is 18.6 Å². The third-order valence-electron chi connectivity index (χ3n) is 3.33. The molecule has 8 heteroatoms. The molecule has 1 saturated heterocycles. The monoisotopic (exact) mass is 330 g/mol. The van der Waals surface area contributed by atoms with E-state index in [2.05, 4.69) is 4.98 Å². The summed E-state index contributed by atoms with van der Waals surface area (Å²) in [6, 6.07) is 5.81. The number of carbonyl (C=O) groups excluding carboxylic acids is 1. The number of fused-ring (bicyclic) bond motifs is 1. The van der Waals surface area contributed by atoms with Crippen molar-refractivity contribution < 1.29 is 13.2 Å². The minimum Gasteiger partial charge on any atom is -0.287 e. The molecule has 1 atom stereocenters. The summed E-state index contributed by atoms with van der Waals surface area (Å²) in [7, 11) is 1.61. The summed E-state index contributed by atoms with van der Waals surface area (Å²) in [6.45, 7) is 2.02. The Morgan fingerprint density at radius 1 is 1.45 bits per heavy atom. The number of rotatable bonds is 2. The average Bonchev–Trinajstić information content (AvgIpc) is 2.92. The van der Waals surface area contributed by atoms with Crippen LogP contribution < -0.4 is 4.90 Å². The second kappa shape index (κ2) is 4.68. The number of benzene rings is 1. The standard InChI is InChI=1S/C12H11ClN2O3S2/c1-7-3-2-4-9-11(7)14-12(19-9)15-6-8(5-10(15)16)20(13,17)18/h2-4,8H,5-6H2,1H3. The van der Waals surface area contributed by atoms with E-state index in [1.54, 1.807) is 0 Å². The summed E-state index contributed by atoms with van der Waals surface area (Å²) in [6.07, 6.45) is -0.0826. The van der Waals surface area contributed by atoms with E-state index in [0.29, 0.717) is 5.13 Å². The molecule has 1 unspecified atom stereocenters. The summed E-state index contributed by atoms with van der Waals surface area (Å²) in [5, 5.41) is -0.327. The Labute approximate surface area is 124 Å². The zero-order valence-electron chi connectivity index (χ0n) is 10.5. The lowest BCUT2D eigenvalue weighted by Crippen LogP contribution is -2.26. The third-order valence-corrected chi connectivity index (χ3v) is 6.24. The van der Waals surface area contributed by atoms with E-state index in [0.717, 1.165) is 15.8 Å². The maximum Gasteiger partial charge on any atom is 0.237 e. The quantitative estimate of drug-likeness (QED) is 0.792. The van der Waals surface area contributed by atoms with Crippen LogP contribution in [0, 0.1) is 6.92 Å². The minimum absolute atomic E-state index is 0.0730. The molecule has 0 radical (unpaired) electrons. The minimum atomic E-state index is -3.73. The predicted octanol–water partition coefficient (Wildman–Crippen LogP) is 2.28. The van der Waals surface area contributed by atoms with Gasteiger partial charge in [-0.25, -0.2) is 13.4 Å². The van der Waals surface area contributed by atoms with E-state index in [4.69, 9.17) is 10.7 Å². The first-order valence-electron chi connectivity index (χ1n) is 5.96. The van der Waals surface area contributed by atoms with Crippen molar-refractivity contribution in [3.8, 4) is 0 Å². The van der Waals surface area contributed by atoms with Crippen molar-refractivity contribution in [2.24, 2.45) is 0 Å². The molecule has 106 valence electrons. The molecule has 1 fully saturated rings. The molecule has 20 heavy (non-hydrogen) atoms. The van der Waals surface area contributed by atoms with E-state index in [1.165, 1.54) is 16.2 Å². The molecule has 0 bridgehead atoms. The highest BCUT2D eigenvalue weighted by molar-refractivity contribution is 8.14. The summed E-state index contributed by atoms with van der Waals surface area (Å²) in [4.78, 5) is 17.8. The molecule has 5 nitrogen and oxygen atoms in total. The Kier molecular flexibility index (Phi) is 3.23. The zero-order chi connectivity index (χ0) is 14.5. The van der Waals surface area contributed by atoms with Crippen molar-refractivity contribution in [2.75, 3.05) is 11.4 Å². The molecule has 1 aromatic heterocycles. The maximum atomic E-state index is 12.0. The van der Waals surface area contributed by atoms with Gasteiger partial charge >= 0.3 is 0 Å². The van der Waals surface area contributed by atoms with Crippen molar-refractivity contribution >= 4 is 52.3 Å². The fourth-order valence-electron chi connectivity index (χ4n) is 2.24. The van der Waals surface area contributed by atoms with Gasteiger partial charge in [0.25, 0.3) is 0 Å². The third kappa shape index (κ3) is 2.30. The molecule has 0 N–H and O–H groups in total. The highest BCUT2D eigenvalue weighted by Gasteiger charge is 2.39. The Morgan fingerprint density at radius 2 is 2.20 bits per heavy atom. The Morgan fingerprint density at radius 3 is 2.80 bits per heavy atom. The van der Waals surface area contributed by atoms with Crippen LogP contribution in [0.25, 0.3) is 10.2 Å². The number of aromatic nitrogens is 1. The second-order valence-electron chi connectivity index (χ2n) is 4.72. The SMILES string of the molecule is Cc1cccc2sc(N3CC(S(=O)(=O)Cl)CC3=O)nc12. The molecule has 0 saturated carbocycles. The first-order chi connectivity index (χ1) is 9.36. The highest BCUT2D eigenvalue weighted by atomic mass is 35.7. The first-order valence-corrected chi connectivity index (χ1v) is 9.15. The molecule has 1 aromatic carbocycles. The van der Waals surface area contributed by atoms with Crippen LogP contribution in [-0.2, 0) is 13.8 Å². The summed E-state index contributed by atoms with van der Waals surface area (Å²) >= 11 is 1.38. The van der Waals surface area contributed by atoms with E-state index in [-0.39, 0.29) is 18.9 Å². The lowest BCUT2D eigenvalue weighted by atomic mass is 10.2. The van der Waals surface area contributed by atoms with Gasteiger partial charge in [-0.15, -0.1) is 0 Å². The molecule has 1 amide bonds. The fraction of sp³-hybridized carbons (Fsp3) is 0.333. The smallest absolute Gasteiger partial charge is 0.237 e. The van der Waals surface area contributed by atoms with Crippen LogP contribution in [0.5, 0.6) is 0 Å². The number of amides is 1. The summed E-state index contributed by atoms with van der Waals surface area (Å²) < 4.78 is 23.7. The largest absolute Gasteiger partial charge is 0.287 e. The van der Waals surface area contributed by atoms with Gasteiger partial charge in [-0.1, -0.05) is 23.5 Å². The molecule has 2 heterocycles. The zero-order valence-corrected chi connectivity index (χ0v) is 12.9. The highest BCUT2D eigenvalue weighted by Crippen LogP contribution is 2.34. The lowest BCUT2D eigenvalue weighted by molar-refractivity contribution is -0.117. The molecule has 1 aliphatic rings. The van der Waals surface area contributed by atoms with Crippen molar-refractivity contribution in [3.05, 3.63) is 23.8 Å². The fourth-order valence-corrected chi connectivity index (χ4v) is 4.34. The summed E-state index contributed by atoms with van der Waals surface area (Å²) in [5.74, 6) is -0.254. The van der Waals surface area contributed by atoms with Gasteiger partial charge in [0.15, 0.2) is 5.13 Å².